The molecule has 1 amide bonds. The van der Waals surface area contributed by atoms with Gasteiger partial charge in [0.25, 0.3) is 11.5 Å². The maximum atomic E-state index is 13.2. The molecule has 162 valence electrons. The number of amides is 1. The summed E-state index contributed by atoms with van der Waals surface area (Å²) in [5.74, 6) is -0.431. The minimum absolute atomic E-state index is 0.153. The zero-order valence-corrected chi connectivity index (χ0v) is 18.8. The highest BCUT2D eigenvalue weighted by molar-refractivity contribution is 7.15. The number of rotatable bonds is 5. The molecule has 0 spiro atoms. The highest BCUT2D eigenvalue weighted by Crippen LogP contribution is 2.24. The lowest BCUT2D eigenvalue weighted by Gasteiger charge is -2.10. The molecule has 1 N–H and O–H groups in total. The van der Waals surface area contributed by atoms with Crippen LogP contribution in [0, 0.1) is 0 Å². The fraction of sp³-hybridized carbons (Fsp3) is 0.0400. The number of thiazole rings is 1. The first-order valence-electron chi connectivity index (χ1n) is 10.2. The lowest BCUT2D eigenvalue weighted by Crippen LogP contribution is -2.26. The van der Waals surface area contributed by atoms with Crippen LogP contribution in [-0.4, -0.2) is 20.7 Å². The standard InChI is InChI=1S/C25H17ClN4O2S/c26-17-8-6-7-16(13-17)14-19-15-27-25(33-19)28-23(31)22-20-11-4-5-12-21(20)24(32)30(29-22)18-9-2-1-3-10-18/h1-13,15H,14H2,(H,27,28,31). The number of fused-ring (bicyclic) bond motifs is 1. The average molecular weight is 473 g/mol. The van der Waals surface area contributed by atoms with E-state index < -0.39 is 5.91 Å². The summed E-state index contributed by atoms with van der Waals surface area (Å²) in [6.45, 7) is 0. The normalized spacial score (nSPS) is 10.9. The Labute approximate surface area is 198 Å². The highest BCUT2D eigenvalue weighted by Gasteiger charge is 2.18. The summed E-state index contributed by atoms with van der Waals surface area (Å²) in [7, 11) is 0. The second-order valence-corrected chi connectivity index (χ2v) is 8.89. The molecule has 0 aliphatic heterocycles. The van der Waals surface area contributed by atoms with Crippen molar-refractivity contribution < 1.29 is 4.79 Å². The van der Waals surface area contributed by atoms with Gasteiger partial charge in [0, 0.05) is 27.9 Å². The van der Waals surface area contributed by atoms with Crippen molar-refractivity contribution in [3.63, 3.8) is 0 Å². The van der Waals surface area contributed by atoms with Gasteiger partial charge in [-0.15, -0.1) is 11.3 Å². The lowest BCUT2D eigenvalue weighted by molar-refractivity contribution is 0.102. The maximum Gasteiger partial charge on any atom is 0.279 e. The van der Waals surface area contributed by atoms with E-state index in [0.29, 0.717) is 33.0 Å². The van der Waals surface area contributed by atoms with Gasteiger partial charge in [-0.25, -0.2) is 4.98 Å². The van der Waals surface area contributed by atoms with Crippen LogP contribution < -0.4 is 10.9 Å². The number of anilines is 1. The van der Waals surface area contributed by atoms with Crippen LogP contribution in [0.2, 0.25) is 5.02 Å². The van der Waals surface area contributed by atoms with Crippen molar-refractivity contribution in [3.8, 4) is 5.69 Å². The molecule has 33 heavy (non-hydrogen) atoms. The quantitative estimate of drug-likeness (QED) is 0.374. The summed E-state index contributed by atoms with van der Waals surface area (Å²) in [5, 5.41) is 9.28. The van der Waals surface area contributed by atoms with E-state index in [1.165, 1.54) is 16.0 Å². The van der Waals surface area contributed by atoms with E-state index in [0.717, 1.165) is 10.4 Å². The van der Waals surface area contributed by atoms with E-state index in [1.54, 1.807) is 42.6 Å². The van der Waals surface area contributed by atoms with Gasteiger partial charge in [-0.1, -0.05) is 60.1 Å². The summed E-state index contributed by atoms with van der Waals surface area (Å²) in [6.07, 6.45) is 2.39. The number of carbonyl (C=O) groups excluding carboxylic acids is 1. The molecule has 0 bridgehead atoms. The van der Waals surface area contributed by atoms with Gasteiger partial charge in [-0.2, -0.15) is 9.78 Å². The van der Waals surface area contributed by atoms with Gasteiger partial charge in [0.2, 0.25) is 0 Å². The second-order valence-electron chi connectivity index (χ2n) is 7.34. The second kappa shape index (κ2) is 8.97. The Morgan fingerprint density at radius 1 is 0.970 bits per heavy atom. The molecule has 2 heterocycles. The van der Waals surface area contributed by atoms with Crippen molar-refractivity contribution >= 4 is 44.7 Å². The summed E-state index contributed by atoms with van der Waals surface area (Å²) < 4.78 is 1.25. The molecule has 0 atom stereocenters. The SMILES string of the molecule is O=C(Nc1ncc(Cc2cccc(Cl)c2)s1)c1nn(-c2ccccc2)c(=O)c2ccccc12. The smallest absolute Gasteiger partial charge is 0.279 e. The molecule has 0 aliphatic rings. The Morgan fingerprint density at radius 2 is 1.73 bits per heavy atom. The van der Waals surface area contributed by atoms with Crippen molar-refractivity contribution in [1.29, 1.82) is 0 Å². The molecule has 8 heteroatoms. The Bertz CT molecular complexity index is 1530. The van der Waals surface area contributed by atoms with Crippen LogP contribution in [0.4, 0.5) is 5.13 Å². The van der Waals surface area contributed by atoms with E-state index in [4.69, 9.17) is 11.6 Å². The summed E-state index contributed by atoms with van der Waals surface area (Å²) in [4.78, 5) is 31.5. The minimum Gasteiger partial charge on any atom is -0.296 e. The highest BCUT2D eigenvalue weighted by atomic mass is 35.5. The van der Waals surface area contributed by atoms with Crippen molar-refractivity contribution in [2.24, 2.45) is 0 Å². The fourth-order valence-electron chi connectivity index (χ4n) is 3.55. The Kier molecular flexibility index (Phi) is 5.73. The first-order valence-corrected chi connectivity index (χ1v) is 11.4. The third-order valence-electron chi connectivity index (χ3n) is 5.06. The molecule has 6 nitrogen and oxygen atoms in total. The predicted molar refractivity (Wildman–Crippen MR) is 132 cm³/mol. The molecule has 0 aliphatic carbocycles. The van der Waals surface area contributed by atoms with Gasteiger partial charge in [0.1, 0.15) is 0 Å². The first kappa shape index (κ1) is 21.1. The molecule has 5 aromatic rings. The van der Waals surface area contributed by atoms with E-state index in [1.807, 2.05) is 42.5 Å². The topological polar surface area (TPSA) is 76.9 Å². The van der Waals surface area contributed by atoms with Crippen molar-refractivity contribution in [2.75, 3.05) is 5.32 Å². The number of hydrogen-bond donors (Lipinski definition) is 1. The number of hydrogen-bond acceptors (Lipinski definition) is 5. The van der Waals surface area contributed by atoms with Crippen LogP contribution in [0.25, 0.3) is 16.5 Å². The molecule has 0 radical (unpaired) electrons. The number of halogens is 1. The lowest BCUT2D eigenvalue weighted by atomic mass is 10.1. The van der Waals surface area contributed by atoms with Gasteiger partial charge < -0.3 is 0 Å². The molecular formula is C25H17ClN4O2S. The third-order valence-corrected chi connectivity index (χ3v) is 6.21. The van der Waals surface area contributed by atoms with Crippen LogP contribution in [-0.2, 0) is 6.42 Å². The van der Waals surface area contributed by atoms with E-state index >= 15 is 0 Å². The maximum absolute atomic E-state index is 13.2. The Morgan fingerprint density at radius 3 is 2.52 bits per heavy atom. The molecule has 2 aromatic heterocycles. The van der Waals surface area contributed by atoms with Crippen molar-refractivity contribution in [2.45, 2.75) is 6.42 Å². The number of nitrogens with one attached hydrogen (secondary N) is 1. The average Bonchev–Trinajstić information content (AvgIpc) is 3.26. The number of para-hydroxylation sites is 1. The van der Waals surface area contributed by atoms with Crippen LogP contribution in [0.3, 0.4) is 0 Å². The number of aromatic nitrogens is 3. The zero-order chi connectivity index (χ0) is 22.8. The first-order chi connectivity index (χ1) is 16.1. The van der Waals surface area contributed by atoms with Gasteiger partial charge in [-0.05, 0) is 35.9 Å². The van der Waals surface area contributed by atoms with Crippen molar-refractivity contribution in [1.82, 2.24) is 14.8 Å². The van der Waals surface area contributed by atoms with Crippen LogP contribution in [0.15, 0.2) is 89.9 Å². The molecule has 0 unspecified atom stereocenters. The van der Waals surface area contributed by atoms with E-state index in [-0.39, 0.29) is 11.3 Å². The molecule has 0 saturated carbocycles. The molecule has 0 fully saturated rings. The minimum atomic E-state index is -0.431. The molecule has 0 saturated heterocycles. The number of benzene rings is 3. The van der Waals surface area contributed by atoms with Crippen LogP contribution >= 0.6 is 22.9 Å². The monoisotopic (exact) mass is 472 g/mol. The van der Waals surface area contributed by atoms with Gasteiger partial charge in [-0.3, -0.25) is 14.9 Å². The molecule has 5 rings (SSSR count). The van der Waals surface area contributed by atoms with Gasteiger partial charge >= 0.3 is 0 Å². The van der Waals surface area contributed by atoms with Crippen LogP contribution in [0.1, 0.15) is 20.9 Å². The Hall–Kier alpha value is -3.81. The third kappa shape index (κ3) is 4.41. The molecule has 3 aromatic carbocycles. The fourth-order valence-corrected chi connectivity index (χ4v) is 4.61. The van der Waals surface area contributed by atoms with E-state index in [9.17, 15) is 9.59 Å². The number of nitrogens with zero attached hydrogens (tertiary/aromatic N) is 3. The summed E-state index contributed by atoms with van der Waals surface area (Å²) in [6, 6.07) is 23.6. The van der Waals surface area contributed by atoms with Gasteiger partial charge in [0.15, 0.2) is 10.8 Å². The zero-order valence-electron chi connectivity index (χ0n) is 17.2. The largest absolute Gasteiger partial charge is 0.296 e. The van der Waals surface area contributed by atoms with E-state index in [2.05, 4.69) is 15.4 Å². The summed E-state index contributed by atoms with van der Waals surface area (Å²) >= 11 is 7.45. The molecular weight excluding hydrogens is 456 g/mol. The van der Waals surface area contributed by atoms with Crippen LogP contribution in [0.5, 0.6) is 0 Å². The predicted octanol–water partition coefficient (Wildman–Crippen LogP) is 5.34. The van der Waals surface area contributed by atoms with Gasteiger partial charge in [0.05, 0.1) is 11.1 Å². The Balaban J connectivity index is 1.47. The van der Waals surface area contributed by atoms with Crippen molar-refractivity contribution in [3.05, 3.63) is 117 Å². The number of carbonyl (C=O) groups is 1. The summed E-state index contributed by atoms with van der Waals surface area (Å²) in [5.41, 5.74) is 1.51.